The van der Waals surface area contributed by atoms with E-state index >= 15 is 0 Å². The Balaban J connectivity index is 1.31. The number of rotatable bonds is 50. The molecule has 0 spiro atoms. The third-order valence-corrected chi connectivity index (χ3v) is 21.2. The average molecular weight is 1290 g/mol. The van der Waals surface area contributed by atoms with E-state index in [0.29, 0.717) is 13.2 Å². The van der Waals surface area contributed by atoms with Gasteiger partial charge in [-0.3, -0.25) is 0 Å². The van der Waals surface area contributed by atoms with Crippen molar-refractivity contribution < 1.29 is 9.47 Å². The Morgan fingerprint density at radius 2 is 0.533 bits per heavy atom. The smallest absolute Gasteiger partial charge is 0.252 e. The van der Waals surface area contributed by atoms with E-state index in [0.717, 1.165) is 100 Å². The van der Waals surface area contributed by atoms with Gasteiger partial charge >= 0.3 is 0 Å². The van der Waals surface area contributed by atoms with Gasteiger partial charge in [0, 0.05) is 109 Å². The van der Waals surface area contributed by atoms with Crippen LogP contribution < -0.4 is 38.9 Å². The van der Waals surface area contributed by atoms with E-state index in [2.05, 4.69) is 184 Å². The Morgan fingerprint density at radius 3 is 0.793 bits per heavy atom. The maximum atomic E-state index is 7.17. The highest BCUT2D eigenvalue weighted by atomic mass is 32.2. The molecule has 6 nitrogen and oxygen atoms in total. The summed E-state index contributed by atoms with van der Waals surface area (Å²) in [6, 6.07) is 37.4. The van der Waals surface area contributed by atoms with E-state index in [-0.39, 0.29) is 0 Å². The predicted molar refractivity (Wildman–Crippen MR) is 410 cm³/mol. The number of hydrogen-bond acceptors (Lipinski definition) is 6. The standard InChI is InChI=1S/C84H126N4O2S2/c1-9-15-21-25-29-33-37-41-61-85(62-42-38-34-30-26-22-16-10-2)71-53-57-75(58-54-71)88(76-59-55-72(56-60-76)86(63-43-39-35-31-27-23-17-11-3)64-44-40-36-32-28-24-18-12-4)80-68-78-82(90-66-20-14-6)83-77(81(84(78)92-80)89-65-19-13-5)67-79(91-83)87(73-49-45-69(7)46-50-73)74-51-47-70(8)48-52-74/h45-60,67-68H,9-44,61-66H2,1-8H3/q+2. The monoisotopic (exact) mass is 1290 g/mol. The predicted octanol–water partition coefficient (Wildman–Crippen LogP) is 24.5. The van der Waals surface area contributed by atoms with E-state index in [9.17, 15) is 0 Å². The molecule has 2 heterocycles. The Labute approximate surface area is 570 Å². The van der Waals surface area contributed by atoms with Crippen molar-refractivity contribution in [2.45, 2.75) is 296 Å². The van der Waals surface area contributed by atoms with Crippen molar-refractivity contribution >= 4 is 79.9 Å². The fourth-order valence-electron chi connectivity index (χ4n) is 13.1. The maximum absolute atomic E-state index is 7.17. The minimum Gasteiger partial charge on any atom is -0.492 e. The van der Waals surface area contributed by atoms with Crippen molar-refractivity contribution in [2.24, 2.45) is 0 Å². The molecule has 92 heavy (non-hydrogen) atoms. The summed E-state index contributed by atoms with van der Waals surface area (Å²) in [6.45, 7) is 23.9. The molecule has 504 valence electrons. The second-order valence-corrected chi connectivity index (χ2v) is 29.0. The van der Waals surface area contributed by atoms with Crippen LogP contribution in [0.2, 0.25) is 0 Å². The SMILES string of the molecule is CCCCCCCCCCN(CCCCCCCCCC)c1ccc([N+](=C2C=c3c(OCCCC)c4c(c(OCCCC)c3S2)=CC(=[N+](c2ccc(C)cc2)c2ccc(C)cc2)S4)c2ccc(N(CCCCCCCCCC)CCCCCCCCCC)cc2)cc1. The lowest BCUT2D eigenvalue weighted by molar-refractivity contribution is 0.284. The summed E-state index contributed by atoms with van der Waals surface area (Å²) >= 11 is 3.69. The van der Waals surface area contributed by atoms with Crippen molar-refractivity contribution in [2.75, 3.05) is 49.2 Å². The fourth-order valence-corrected chi connectivity index (χ4v) is 15.5. The van der Waals surface area contributed by atoms with Crippen molar-refractivity contribution in [1.82, 2.24) is 9.15 Å². The van der Waals surface area contributed by atoms with Gasteiger partial charge in [-0.05, 0) is 100 Å². The summed E-state index contributed by atoms with van der Waals surface area (Å²) in [5.41, 5.74) is 9.84. The van der Waals surface area contributed by atoms with Gasteiger partial charge in [-0.15, -0.1) is 9.15 Å². The number of hydrogen-bond donors (Lipinski definition) is 0. The fraction of sp³-hybridized carbons (Fsp3) is 0.595. The van der Waals surface area contributed by atoms with Crippen LogP contribution in [0.3, 0.4) is 0 Å². The molecule has 0 aliphatic carbocycles. The second kappa shape index (κ2) is 43.9. The Kier molecular flexibility index (Phi) is 35.6. The summed E-state index contributed by atoms with van der Waals surface area (Å²) in [6.07, 6.45) is 51.9. The zero-order valence-corrected chi connectivity index (χ0v) is 61.1. The number of aryl methyl sites for hydroxylation is 2. The molecular formula is C84H126N4O2S2+2. The molecule has 0 radical (unpaired) electrons. The molecule has 5 aromatic rings. The number of benzene rings is 5. The second-order valence-electron chi connectivity index (χ2n) is 27.0. The molecule has 0 fully saturated rings. The summed E-state index contributed by atoms with van der Waals surface area (Å²) in [7, 11) is 0. The molecule has 5 aromatic carbocycles. The van der Waals surface area contributed by atoms with Gasteiger partial charge in [0.1, 0.15) is 11.5 Å². The highest BCUT2D eigenvalue weighted by Crippen LogP contribution is 2.42. The molecule has 0 saturated carbocycles. The highest BCUT2D eigenvalue weighted by molar-refractivity contribution is 8.15. The summed E-state index contributed by atoms with van der Waals surface area (Å²) in [4.78, 5) is 7.75. The number of anilines is 2. The zero-order chi connectivity index (χ0) is 64.8. The molecule has 0 atom stereocenters. The van der Waals surface area contributed by atoms with Crippen LogP contribution in [-0.2, 0) is 0 Å². The van der Waals surface area contributed by atoms with Crippen LogP contribution in [0.5, 0.6) is 11.5 Å². The van der Waals surface area contributed by atoms with Gasteiger partial charge < -0.3 is 19.3 Å². The van der Waals surface area contributed by atoms with Crippen LogP contribution in [0.15, 0.2) is 107 Å². The van der Waals surface area contributed by atoms with E-state index in [1.165, 1.54) is 244 Å². The van der Waals surface area contributed by atoms with Gasteiger partial charge in [-0.25, -0.2) is 0 Å². The minimum atomic E-state index is 0.657. The van der Waals surface area contributed by atoms with Crippen molar-refractivity contribution in [1.29, 1.82) is 0 Å². The lowest BCUT2D eigenvalue weighted by atomic mass is 10.1. The first-order valence-corrected chi connectivity index (χ1v) is 39.7. The third-order valence-electron chi connectivity index (χ3n) is 18.9. The van der Waals surface area contributed by atoms with E-state index in [4.69, 9.17) is 9.47 Å². The largest absolute Gasteiger partial charge is 0.492 e. The number of unbranched alkanes of at least 4 members (excludes halogenated alkanes) is 30. The van der Waals surface area contributed by atoms with E-state index in [1.807, 2.05) is 23.5 Å². The Morgan fingerprint density at radius 1 is 0.293 bits per heavy atom. The van der Waals surface area contributed by atoms with Crippen molar-refractivity contribution in [3.8, 4) is 11.5 Å². The topological polar surface area (TPSA) is 31.0 Å². The number of thioether (sulfide) groups is 2. The average Bonchev–Trinajstić information content (AvgIpc) is 1.58. The first kappa shape index (κ1) is 74.5. The van der Waals surface area contributed by atoms with Gasteiger partial charge in [0.25, 0.3) is 10.1 Å². The molecule has 0 bridgehead atoms. The highest BCUT2D eigenvalue weighted by Gasteiger charge is 2.36. The summed E-state index contributed by atoms with van der Waals surface area (Å²) < 4.78 is 19.3. The molecule has 0 saturated heterocycles. The summed E-state index contributed by atoms with van der Waals surface area (Å²) in [5.74, 6) is 1.94. The first-order chi connectivity index (χ1) is 45.3. The van der Waals surface area contributed by atoms with Crippen LogP contribution in [0, 0.1) is 13.8 Å². The Bertz CT molecular complexity index is 2860. The molecular weight excluding hydrogens is 1160 g/mol. The zero-order valence-electron chi connectivity index (χ0n) is 59.5. The van der Waals surface area contributed by atoms with Gasteiger partial charge in [-0.1, -0.05) is 270 Å². The quantitative estimate of drug-likeness (QED) is 0.0285. The molecule has 8 heteroatoms. The van der Waals surface area contributed by atoms with Gasteiger partial charge in [0.05, 0.1) is 23.0 Å². The van der Waals surface area contributed by atoms with Gasteiger partial charge in [0.2, 0.25) is 22.7 Å². The maximum Gasteiger partial charge on any atom is 0.252 e. The first-order valence-electron chi connectivity index (χ1n) is 38.0. The summed E-state index contributed by atoms with van der Waals surface area (Å²) in [5, 5.41) is 4.57. The van der Waals surface area contributed by atoms with Gasteiger partial charge in [-0.2, -0.15) is 0 Å². The number of nitrogens with zero attached hydrogens (tertiary/aromatic N) is 4. The van der Waals surface area contributed by atoms with Crippen LogP contribution in [-0.4, -0.2) is 49.5 Å². The van der Waals surface area contributed by atoms with Crippen LogP contribution in [0.1, 0.15) is 284 Å². The van der Waals surface area contributed by atoms with Gasteiger partial charge in [0.15, 0.2) is 0 Å². The minimum absolute atomic E-state index is 0.657. The third kappa shape index (κ3) is 24.4. The molecule has 0 aromatic heterocycles. The molecule has 0 unspecified atom stereocenters. The normalized spacial score (nSPS) is 12.5. The molecule has 0 N–H and O–H groups in total. The van der Waals surface area contributed by atoms with Crippen molar-refractivity contribution in [3.05, 3.63) is 119 Å². The van der Waals surface area contributed by atoms with Crippen LogP contribution in [0.25, 0.3) is 12.2 Å². The molecule has 2 aliphatic heterocycles. The Hall–Kier alpha value is -4.92. The number of fused-ring (bicyclic) bond motifs is 2. The van der Waals surface area contributed by atoms with Crippen molar-refractivity contribution in [3.63, 3.8) is 0 Å². The molecule has 2 aliphatic rings. The lowest BCUT2D eigenvalue weighted by Gasteiger charge is -2.25. The van der Waals surface area contributed by atoms with E-state index < -0.39 is 0 Å². The molecule has 7 rings (SSSR count). The lowest BCUT2D eigenvalue weighted by Crippen LogP contribution is -2.26. The van der Waals surface area contributed by atoms with E-state index in [1.54, 1.807) is 0 Å². The number of ether oxygens (including phenoxy) is 2. The molecule has 0 amide bonds. The van der Waals surface area contributed by atoms with Crippen LogP contribution >= 0.6 is 23.5 Å². The van der Waals surface area contributed by atoms with Crippen LogP contribution in [0.4, 0.5) is 34.1 Å².